The number of fused-ring (bicyclic) bond motifs is 2. The molecule has 0 radical (unpaired) electrons. The highest BCUT2D eigenvalue weighted by molar-refractivity contribution is 6.30. The zero-order chi connectivity index (χ0) is 17.4. The number of quaternary nitrogens is 1. The van der Waals surface area contributed by atoms with Crippen LogP contribution in [-0.2, 0) is 11.3 Å². The highest BCUT2D eigenvalue weighted by Gasteiger charge is 2.63. The summed E-state index contributed by atoms with van der Waals surface area (Å²) < 4.78 is 5.65. The van der Waals surface area contributed by atoms with E-state index in [1.54, 1.807) is 0 Å². The molecule has 3 N–H and O–H groups in total. The van der Waals surface area contributed by atoms with E-state index in [9.17, 15) is 5.11 Å². The highest BCUT2D eigenvalue weighted by atomic mass is 35.5. The summed E-state index contributed by atoms with van der Waals surface area (Å²) in [7, 11) is 0. The predicted molar refractivity (Wildman–Crippen MR) is 96.9 cm³/mol. The Morgan fingerprint density at radius 2 is 2.00 bits per heavy atom. The van der Waals surface area contributed by atoms with Gasteiger partial charge in [-0.1, -0.05) is 44.5 Å². The van der Waals surface area contributed by atoms with Crippen LogP contribution in [0.15, 0.2) is 24.3 Å². The average Bonchev–Trinajstić information content (AvgIpc) is 2.88. The Morgan fingerprint density at radius 1 is 1.29 bits per heavy atom. The van der Waals surface area contributed by atoms with E-state index in [1.807, 2.05) is 24.3 Å². The fourth-order valence-corrected chi connectivity index (χ4v) is 5.03. The Kier molecular flexibility index (Phi) is 5.27. The van der Waals surface area contributed by atoms with Gasteiger partial charge in [-0.15, -0.1) is 0 Å². The molecule has 4 atom stereocenters. The third kappa shape index (κ3) is 3.37. The molecule has 4 heteroatoms. The third-order valence-electron chi connectivity index (χ3n) is 7.05. The van der Waals surface area contributed by atoms with E-state index < -0.39 is 6.10 Å². The zero-order valence-electron chi connectivity index (χ0n) is 15.1. The molecule has 0 aliphatic heterocycles. The first-order valence-corrected chi connectivity index (χ1v) is 9.54. The fourth-order valence-electron chi connectivity index (χ4n) is 4.90. The first kappa shape index (κ1) is 18.2. The minimum absolute atomic E-state index is 0.384. The summed E-state index contributed by atoms with van der Waals surface area (Å²) >= 11 is 5.87. The Hall–Kier alpha value is -0.610. The molecule has 3 nitrogen and oxygen atoms in total. The van der Waals surface area contributed by atoms with Crippen molar-refractivity contribution < 1.29 is 15.2 Å². The lowest BCUT2D eigenvalue weighted by Crippen LogP contribution is -2.94. The Morgan fingerprint density at radius 3 is 2.58 bits per heavy atom. The van der Waals surface area contributed by atoms with E-state index in [2.05, 4.69) is 26.1 Å². The summed E-state index contributed by atoms with van der Waals surface area (Å²) in [6, 6.07) is 8.28. The first-order valence-electron chi connectivity index (χ1n) is 9.16. The van der Waals surface area contributed by atoms with E-state index in [0.29, 0.717) is 30.1 Å². The van der Waals surface area contributed by atoms with Crippen LogP contribution in [0.4, 0.5) is 0 Å². The minimum atomic E-state index is -0.414. The molecular formula is C20H31ClNO2+. The molecule has 134 valence electrons. The molecule has 2 bridgehead atoms. The summed E-state index contributed by atoms with van der Waals surface area (Å²) in [4.78, 5) is 0. The molecule has 3 rings (SSSR count). The standard InChI is InChI=1S/C20H30ClNO2/c1-19(2)15-8-9-20(19,3)18(10-15)22-11-17(23)13-24-12-14-4-6-16(21)7-5-14/h4-7,15,17-18,22-23H,8-13H2,1-3H3/p+1/t15-,17-,18+,20+/m0/s1. The van der Waals surface area contributed by atoms with Crippen LogP contribution in [0.25, 0.3) is 0 Å². The molecule has 2 aliphatic carbocycles. The molecule has 0 amide bonds. The first-order chi connectivity index (χ1) is 11.3. The van der Waals surface area contributed by atoms with Crippen molar-refractivity contribution in [1.29, 1.82) is 0 Å². The van der Waals surface area contributed by atoms with E-state index >= 15 is 0 Å². The van der Waals surface area contributed by atoms with Crippen LogP contribution in [0.5, 0.6) is 0 Å². The number of halogens is 1. The molecule has 0 heterocycles. The van der Waals surface area contributed by atoms with Crippen LogP contribution in [0, 0.1) is 16.7 Å². The van der Waals surface area contributed by atoms with Crippen molar-refractivity contribution in [2.75, 3.05) is 13.2 Å². The van der Waals surface area contributed by atoms with Gasteiger partial charge in [-0.3, -0.25) is 0 Å². The molecule has 0 spiro atoms. The summed E-state index contributed by atoms with van der Waals surface area (Å²) in [5, 5.41) is 13.3. The van der Waals surface area contributed by atoms with E-state index in [4.69, 9.17) is 16.3 Å². The second-order valence-electron chi connectivity index (χ2n) is 8.48. The third-order valence-corrected chi connectivity index (χ3v) is 7.30. The number of aliphatic hydroxyl groups is 1. The van der Waals surface area contributed by atoms with E-state index in [1.165, 1.54) is 19.3 Å². The second kappa shape index (κ2) is 6.95. The van der Waals surface area contributed by atoms with Crippen LogP contribution in [0.3, 0.4) is 0 Å². The van der Waals surface area contributed by atoms with Gasteiger partial charge in [0, 0.05) is 16.9 Å². The number of rotatable bonds is 7. The monoisotopic (exact) mass is 352 g/mol. The van der Waals surface area contributed by atoms with Crippen molar-refractivity contribution >= 4 is 11.6 Å². The van der Waals surface area contributed by atoms with Crippen LogP contribution in [-0.4, -0.2) is 30.4 Å². The summed E-state index contributed by atoms with van der Waals surface area (Å²) in [5.74, 6) is 0.849. The second-order valence-corrected chi connectivity index (χ2v) is 8.92. The van der Waals surface area contributed by atoms with Gasteiger partial charge in [0.1, 0.15) is 12.6 Å². The van der Waals surface area contributed by atoms with Crippen molar-refractivity contribution in [2.24, 2.45) is 16.7 Å². The minimum Gasteiger partial charge on any atom is -0.385 e. The maximum absolute atomic E-state index is 10.2. The normalized spacial score (nSPS) is 32.2. The van der Waals surface area contributed by atoms with Crippen LogP contribution < -0.4 is 5.32 Å². The summed E-state index contributed by atoms with van der Waals surface area (Å²) in [5.41, 5.74) is 1.92. The van der Waals surface area contributed by atoms with E-state index in [0.717, 1.165) is 23.0 Å². The Balaban J connectivity index is 1.40. The van der Waals surface area contributed by atoms with Gasteiger partial charge in [0.25, 0.3) is 0 Å². The van der Waals surface area contributed by atoms with Gasteiger partial charge in [0.05, 0.1) is 19.3 Å². The molecule has 0 saturated heterocycles. The molecule has 2 fully saturated rings. The SMILES string of the molecule is CC1(C)[C@H]2CC[C@]1(C)[C@H]([NH2+]C[C@H](O)COCc1ccc(Cl)cc1)C2. The number of hydrogen-bond donors (Lipinski definition) is 2. The largest absolute Gasteiger partial charge is 0.385 e. The number of benzene rings is 1. The quantitative estimate of drug-likeness (QED) is 0.792. The Bertz CT molecular complexity index is 559. The molecule has 2 saturated carbocycles. The molecule has 0 unspecified atom stereocenters. The number of aliphatic hydroxyl groups excluding tert-OH is 1. The average molecular weight is 353 g/mol. The van der Waals surface area contributed by atoms with Gasteiger partial charge in [0.2, 0.25) is 0 Å². The van der Waals surface area contributed by atoms with Gasteiger partial charge in [-0.25, -0.2) is 0 Å². The van der Waals surface area contributed by atoms with Crippen LogP contribution >= 0.6 is 11.6 Å². The molecular weight excluding hydrogens is 322 g/mol. The van der Waals surface area contributed by atoms with Crippen molar-refractivity contribution in [3.05, 3.63) is 34.9 Å². The number of ether oxygens (including phenoxy) is 1. The van der Waals surface area contributed by atoms with Gasteiger partial charge >= 0.3 is 0 Å². The smallest absolute Gasteiger partial charge is 0.126 e. The van der Waals surface area contributed by atoms with Crippen molar-refractivity contribution in [3.8, 4) is 0 Å². The van der Waals surface area contributed by atoms with Crippen LogP contribution in [0.2, 0.25) is 5.02 Å². The maximum atomic E-state index is 10.2. The van der Waals surface area contributed by atoms with Crippen LogP contribution in [0.1, 0.15) is 45.6 Å². The van der Waals surface area contributed by atoms with Gasteiger partial charge < -0.3 is 15.2 Å². The van der Waals surface area contributed by atoms with Gasteiger partial charge in [-0.2, -0.15) is 0 Å². The summed E-state index contributed by atoms with van der Waals surface area (Å²) in [6.07, 6.45) is 3.58. The van der Waals surface area contributed by atoms with E-state index in [-0.39, 0.29) is 0 Å². The number of hydrogen-bond acceptors (Lipinski definition) is 2. The lowest BCUT2D eigenvalue weighted by molar-refractivity contribution is -0.707. The molecule has 24 heavy (non-hydrogen) atoms. The zero-order valence-corrected chi connectivity index (χ0v) is 15.9. The lowest BCUT2D eigenvalue weighted by atomic mass is 9.69. The fraction of sp³-hybridized carbons (Fsp3) is 0.700. The molecule has 0 aromatic heterocycles. The van der Waals surface area contributed by atoms with Gasteiger partial charge in [0.15, 0.2) is 0 Å². The predicted octanol–water partition coefficient (Wildman–Crippen LogP) is 3.00. The summed E-state index contributed by atoms with van der Waals surface area (Å²) in [6.45, 7) is 8.95. The Labute approximate surface area is 150 Å². The van der Waals surface area contributed by atoms with Crippen molar-refractivity contribution in [3.63, 3.8) is 0 Å². The lowest BCUT2D eigenvalue weighted by Gasteiger charge is -2.37. The number of nitrogens with two attached hydrogens (primary N) is 1. The topological polar surface area (TPSA) is 46.1 Å². The maximum Gasteiger partial charge on any atom is 0.126 e. The van der Waals surface area contributed by atoms with Crippen molar-refractivity contribution in [2.45, 2.75) is 58.8 Å². The molecule has 2 aliphatic rings. The highest BCUT2D eigenvalue weighted by Crippen LogP contribution is 2.64. The van der Waals surface area contributed by atoms with Gasteiger partial charge in [-0.05, 0) is 41.9 Å². The molecule has 1 aromatic carbocycles. The molecule has 1 aromatic rings. The van der Waals surface area contributed by atoms with Crippen molar-refractivity contribution in [1.82, 2.24) is 0 Å².